The van der Waals surface area contributed by atoms with E-state index >= 15 is 0 Å². The highest BCUT2D eigenvalue weighted by atomic mass is 19.1. The molecule has 0 bridgehead atoms. The van der Waals surface area contributed by atoms with Gasteiger partial charge in [-0.25, -0.2) is 4.39 Å². The number of carbonyl (C=O) groups is 1. The van der Waals surface area contributed by atoms with Crippen molar-refractivity contribution in [1.29, 1.82) is 5.41 Å². The molecule has 2 N–H and O–H groups in total. The summed E-state index contributed by atoms with van der Waals surface area (Å²) in [5.41, 5.74) is 4.92. The third kappa shape index (κ3) is 4.52. The van der Waals surface area contributed by atoms with Crippen LogP contribution in [-0.2, 0) is 13.6 Å². The van der Waals surface area contributed by atoms with E-state index in [4.69, 9.17) is 5.41 Å². The smallest absolute Gasteiger partial charge is 0.251 e. The third-order valence-electron chi connectivity index (χ3n) is 7.20. The first-order valence-corrected chi connectivity index (χ1v) is 11.9. The van der Waals surface area contributed by atoms with E-state index in [1.807, 2.05) is 42.2 Å². The van der Waals surface area contributed by atoms with E-state index < -0.39 is 0 Å². The van der Waals surface area contributed by atoms with E-state index in [9.17, 15) is 9.18 Å². The molecule has 0 radical (unpaired) electrons. The van der Waals surface area contributed by atoms with Gasteiger partial charge in [0.25, 0.3) is 5.91 Å². The van der Waals surface area contributed by atoms with Crippen LogP contribution in [0, 0.1) is 24.1 Å². The summed E-state index contributed by atoms with van der Waals surface area (Å²) in [7, 11) is 1.86. The molecule has 2 fully saturated rings. The molecule has 0 aliphatic heterocycles. The molecule has 2 saturated carbocycles. The van der Waals surface area contributed by atoms with Gasteiger partial charge in [0.15, 0.2) is 0 Å². The van der Waals surface area contributed by atoms with Gasteiger partial charge in [-0.15, -0.1) is 0 Å². The fourth-order valence-electron chi connectivity index (χ4n) is 4.76. The van der Waals surface area contributed by atoms with E-state index in [-0.39, 0.29) is 17.8 Å². The number of nitrogens with one attached hydrogen (secondary N) is 2. The van der Waals surface area contributed by atoms with E-state index in [0.29, 0.717) is 35.1 Å². The third-order valence-corrected chi connectivity index (χ3v) is 7.20. The van der Waals surface area contributed by atoms with Crippen molar-refractivity contribution in [3.8, 4) is 0 Å². The summed E-state index contributed by atoms with van der Waals surface area (Å²) in [5.74, 6) is 0.607. The zero-order valence-corrected chi connectivity index (χ0v) is 19.3. The van der Waals surface area contributed by atoms with Crippen LogP contribution in [0.4, 0.5) is 4.39 Å². The Labute approximate surface area is 193 Å². The number of halogens is 1. The minimum absolute atomic E-state index is 0.0829. The first kappa shape index (κ1) is 21.7. The Hall–Kier alpha value is -3.15. The number of rotatable bonds is 7. The first-order chi connectivity index (χ1) is 15.9. The van der Waals surface area contributed by atoms with Crippen molar-refractivity contribution in [2.24, 2.45) is 13.0 Å². The van der Waals surface area contributed by atoms with Crippen LogP contribution in [0.15, 0.2) is 48.8 Å². The van der Waals surface area contributed by atoms with Crippen LogP contribution < -0.4 is 10.9 Å². The Morgan fingerprint density at radius 1 is 1.15 bits per heavy atom. The van der Waals surface area contributed by atoms with Crippen molar-refractivity contribution in [3.05, 3.63) is 88.0 Å². The second-order valence-corrected chi connectivity index (χ2v) is 9.75. The average molecular weight is 447 g/mol. The van der Waals surface area contributed by atoms with Gasteiger partial charge in [0.1, 0.15) is 5.82 Å². The molecule has 5 nitrogen and oxygen atoms in total. The zero-order valence-electron chi connectivity index (χ0n) is 19.3. The summed E-state index contributed by atoms with van der Waals surface area (Å²) in [5, 5.41) is 11.5. The zero-order chi connectivity index (χ0) is 23.1. The fourth-order valence-corrected chi connectivity index (χ4v) is 4.76. The number of carbonyl (C=O) groups excluding carboxylic acids is 1. The summed E-state index contributed by atoms with van der Waals surface area (Å²) >= 11 is 0. The molecule has 2 aromatic carbocycles. The topological polar surface area (TPSA) is 62.8 Å². The number of aryl methyl sites for hydroxylation is 2. The van der Waals surface area contributed by atoms with Crippen LogP contribution in [0.3, 0.4) is 0 Å². The van der Waals surface area contributed by atoms with Crippen LogP contribution in [0.1, 0.15) is 76.7 Å². The highest BCUT2D eigenvalue weighted by molar-refractivity contribution is 5.95. The molecule has 2 aliphatic rings. The lowest BCUT2D eigenvalue weighted by Gasteiger charge is -2.27. The standard InChI is InChI=1S/C27H31FN4O/c1-17-12-21(8-9-24(17)28)25(20-6-7-20)30-26(33)23-14-18(13-22(15-23)19-4-3-5-19)16-32-11-10-31(2)27(32)29/h8-15,19-20,25,29H,3-7,16H2,1-2H3,(H,30,33). The predicted molar refractivity (Wildman–Crippen MR) is 125 cm³/mol. The molecule has 2 aliphatic carbocycles. The summed E-state index contributed by atoms with van der Waals surface area (Å²) < 4.78 is 17.5. The molecule has 1 amide bonds. The van der Waals surface area contributed by atoms with Crippen LogP contribution in [0.5, 0.6) is 0 Å². The molecular weight excluding hydrogens is 415 g/mol. The second kappa shape index (κ2) is 8.65. The maximum atomic E-state index is 13.8. The number of amides is 1. The Balaban J connectivity index is 1.44. The number of nitrogens with zero attached hydrogens (tertiary/aromatic N) is 2. The lowest BCUT2D eigenvalue weighted by Crippen LogP contribution is -2.30. The molecule has 6 heteroatoms. The normalized spacial score (nSPS) is 16.9. The molecule has 33 heavy (non-hydrogen) atoms. The minimum atomic E-state index is -0.218. The highest BCUT2D eigenvalue weighted by Crippen LogP contribution is 2.42. The van der Waals surface area contributed by atoms with Gasteiger partial charge in [-0.1, -0.05) is 24.6 Å². The number of aromatic nitrogens is 2. The molecule has 5 rings (SSSR count). The van der Waals surface area contributed by atoms with Crippen LogP contribution >= 0.6 is 0 Å². The Morgan fingerprint density at radius 2 is 1.94 bits per heavy atom. The highest BCUT2D eigenvalue weighted by Gasteiger charge is 2.34. The van der Waals surface area contributed by atoms with E-state index in [2.05, 4.69) is 11.4 Å². The summed E-state index contributed by atoms with van der Waals surface area (Å²) in [4.78, 5) is 13.4. The summed E-state index contributed by atoms with van der Waals surface area (Å²) in [6, 6.07) is 11.2. The molecule has 1 heterocycles. The SMILES string of the molecule is Cc1cc(C(NC(=O)c2cc(Cn3ccn(C)c3=N)cc(C3CCC3)c2)C2CC2)ccc1F. The van der Waals surface area contributed by atoms with Gasteiger partial charge < -0.3 is 14.5 Å². The van der Waals surface area contributed by atoms with Crippen molar-refractivity contribution in [3.63, 3.8) is 0 Å². The van der Waals surface area contributed by atoms with Crippen LogP contribution in [0.2, 0.25) is 0 Å². The van der Waals surface area contributed by atoms with Crippen molar-refractivity contribution in [2.45, 2.75) is 57.5 Å². The van der Waals surface area contributed by atoms with Crippen molar-refractivity contribution < 1.29 is 9.18 Å². The molecule has 1 atom stereocenters. The Morgan fingerprint density at radius 3 is 2.55 bits per heavy atom. The van der Waals surface area contributed by atoms with Crippen molar-refractivity contribution >= 4 is 5.91 Å². The van der Waals surface area contributed by atoms with E-state index in [0.717, 1.165) is 36.8 Å². The minimum Gasteiger partial charge on any atom is -0.345 e. The van der Waals surface area contributed by atoms with Gasteiger partial charge in [0, 0.05) is 25.0 Å². The molecular formula is C27H31FN4O. The quantitative estimate of drug-likeness (QED) is 0.530. The maximum absolute atomic E-state index is 13.8. The van der Waals surface area contributed by atoms with Crippen molar-refractivity contribution in [1.82, 2.24) is 14.5 Å². The monoisotopic (exact) mass is 446 g/mol. The Kier molecular flexibility index (Phi) is 5.69. The predicted octanol–water partition coefficient (Wildman–Crippen LogP) is 4.95. The molecule has 0 spiro atoms. The summed E-state index contributed by atoms with van der Waals surface area (Å²) in [6.07, 6.45) is 9.47. The molecule has 1 aromatic heterocycles. The largest absolute Gasteiger partial charge is 0.345 e. The van der Waals surface area contributed by atoms with Crippen LogP contribution in [-0.4, -0.2) is 15.0 Å². The summed E-state index contributed by atoms with van der Waals surface area (Å²) in [6.45, 7) is 2.32. The molecule has 172 valence electrons. The van der Waals surface area contributed by atoms with E-state index in [1.54, 1.807) is 17.6 Å². The number of imidazole rings is 1. The van der Waals surface area contributed by atoms with Gasteiger partial charge in [-0.05, 0) is 84.9 Å². The van der Waals surface area contributed by atoms with Gasteiger partial charge >= 0.3 is 0 Å². The number of benzene rings is 2. The number of hydrogen-bond donors (Lipinski definition) is 2. The fraction of sp³-hybridized carbons (Fsp3) is 0.407. The van der Waals surface area contributed by atoms with E-state index in [1.165, 1.54) is 18.1 Å². The Bertz CT molecular complexity index is 1250. The van der Waals surface area contributed by atoms with Gasteiger partial charge in [0.2, 0.25) is 5.62 Å². The van der Waals surface area contributed by atoms with Gasteiger partial charge in [-0.2, -0.15) is 0 Å². The van der Waals surface area contributed by atoms with Crippen molar-refractivity contribution in [2.75, 3.05) is 0 Å². The van der Waals surface area contributed by atoms with Crippen LogP contribution in [0.25, 0.3) is 0 Å². The van der Waals surface area contributed by atoms with Gasteiger partial charge in [-0.3, -0.25) is 10.2 Å². The number of hydrogen-bond acceptors (Lipinski definition) is 2. The molecule has 1 unspecified atom stereocenters. The maximum Gasteiger partial charge on any atom is 0.251 e. The lowest BCUT2D eigenvalue weighted by molar-refractivity contribution is 0.0931. The first-order valence-electron chi connectivity index (χ1n) is 11.9. The van der Waals surface area contributed by atoms with Gasteiger partial charge in [0.05, 0.1) is 12.6 Å². The average Bonchev–Trinajstić information content (AvgIpc) is 3.55. The lowest BCUT2D eigenvalue weighted by atomic mass is 9.79. The molecule has 0 saturated heterocycles. The molecule has 3 aromatic rings. The second-order valence-electron chi connectivity index (χ2n) is 9.75.